The van der Waals surface area contributed by atoms with Gasteiger partial charge in [0.1, 0.15) is 16.4 Å². The lowest BCUT2D eigenvalue weighted by molar-refractivity contribution is 0.168. The first-order valence-corrected chi connectivity index (χ1v) is 8.92. The molecule has 0 fully saturated rings. The zero-order valence-electron chi connectivity index (χ0n) is 12.5. The van der Waals surface area contributed by atoms with Gasteiger partial charge in [0, 0.05) is 18.1 Å². The summed E-state index contributed by atoms with van der Waals surface area (Å²) in [5.74, 6) is 0.456. The highest BCUT2D eigenvalue weighted by atomic mass is 35.5. The first-order chi connectivity index (χ1) is 11.4. The summed E-state index contributed by atoms with van der Waals surface area (Å²) < 4.78 is 29.3. The average molecular weight is 373 g/mol. The Bertz CT molecular complexity index is 750. The lowest BCUT2D eigenvalue weighted by Gasteiger charge is -2.15. The molecule has 0 spiro atoms. The van der Waals surface area contributed by atoms with E-state index in [0.29, 0.717) is 18.1 Å². The molecule has 2 aromatic rings. The fraction of sp³-hybridized carbons (Fsp3) is 0.200. The Labute approximate surface area is 145 Å². The van der Waals surface area contributed by atoms with Crippen molar-refractivity contribution in [3.05, 3.63) is 48.5 Å². The number of halogens is 1. The third kappa shape index (κ3) is 5.27. The molecule has 0 radical (unpaired) electrons. The normalized spacial score (nSPS) is 12.6. The Morgan fingerprint density at radius 2 is 1.71 bits per heavy atom. The molecule has 0 aliphatic carbocycles. The second-order valence-corrected chi connectivity index (χ2v) is 6.67. The van der Waals surface area contributed by atoms with E-state index in [9.17, 15) is 18.6 Å². The second-order valence-electron chi connectivity index (χ2n) is 4.75. The number of aliphatic hydroxyl groups is 1. The van der Waals surface area contributed by atoms with Gasteiger partial charge in [-0.3, -0.25) is 5.32 Å². The Hall–Kier alpha value is -2.00. The van der Waals surface area contributed by atoms with Crippen LogP contribution in [0.2, 0.25) is 0 Å². The number of aliphatic hydroxyl groups excluding tert-OH is 1. The molecule has 7 nitrogen and oxygen atoms in total. The molecule has 130 valence electrons. The van der Waals surface area contributed by atoms with Crippen molar-refractivity contribution in [2.75, 3.05) is 17.7 Å². The van der Waals surface area contributed by atoms with Gasteiger partial charge in [-0.05, 0) is 48.5 Å². The lowest BCUT2D eigenvalue weighted by Crippen LogP contribution is -2.37. The van der Waals surface area contributed by atoms with Crippen molar-refractivity contribution in [3.8, 4) is 11.5 Å². The molecule has 1 atom stereocenters. The fourth-order valence-corrected chi connectivity index (χ4v) is 2.83. The summed E-state index contributed by atoms with van der Waals surface area (Å²) in [4.78, 5) is -0.0377. The van der Waals surface area contributed by atoms with Gasteiger partial charge in [0.15, 0.2) is 6.35 Å². The Morgan fingerprint density at radius 3 is 2.29 bits per heavy atom. The van der Waals surface area contributed by atoms with E-state index in [-0.39, 0.29) is 16.4 Å². The lowest BCUT2D eigenvalue weighted by atomic mass is 10.3. The summed E-state index contributed by atoms with van der Waals surface area (Å²) in [6.07, 6.45) is -1.00. The zero-order valence-corrected chi connectivity index (χ0v) is 14.1. The maximum atomic E-state index is 12.2. The summed E-state index contributed by atoms with van der Waals surface area (Å²) in [6, 6.07) is 11.1. The number of rotatable bonds is 8. The van der Waals surface area contributed by atoms with E-state index in [1.54, 1.807) is 0 Å². The van der Waals surface area contributed by atoms with Crippen LogP contribution < -0.4 is 14.8 Å². The van der Waals surface area contributed by atoms with Crippen LogP contribution in [0, 0.1) is 0 Å². The molecule has 0 aliphatic heterocycles. The molecule has 0 amide bonds. The second kappa shape index (κ2) is 8.20. The van der Waals surface area contributed by atoms with Gasteiger partial charge in [-0.25, -0.2) is 0 Å². The Kier molecular flexibility index (Phi) is 6.27. The highest BCUT2D eigenvalue weighted by Crippen LogP contribution is 2.22. The van der Waals surface area contributed by atoms with Gasteiger partial charge in [-0.2, -0.15) is 8.42 Å². The fourth-order valence-electron chi connectivity index (χ4n) is 1.79. The molecule has 0 aliphatic rings. The van der Waals surface area contributed by atoms with E-state index in [0.717, 1.165) is 0 Å². The summed E-state index contributed by atoms with van der Waals surface area (Å²) in [5.41, 5.74) is 0.521. The predicted molar refractivity (Wildman–Crippen MR) is 90.7 cm³/mol. The molecule has 4 N–H and O–H groups in total. The molecular weight excluding hydrogens is 356 g/mol. The number of alkyl halides is 1. The monoisotopic (exact) mass is 372 g/mol. The molecule has 9 heteroatoms. The first-order valence-electron chi connectivity index (χ1n) is 6.98. The summed E-state index contributed by atoms with van der Waals surface area (Å²) in [5, 5.41) is 24.3. The van der Waals surface area contributed by atoms with Crippen LogP contribution in [0.5, 0.6) is 11.5 Å². The third-order valence-corrected chi connectivity index (χ3v) is 4.37. The molecule has 0 aromatic heterocycles. The van der Waals surface area contributed by atoms with E-state index in [1.165, 1.54) is 48.5 Å². The van der Waals surface area contributed by atoms with Crippen LogP contribution in [0.15, 0.2) is 53.4 Å². The average Bonchev–Trinajstić information content (AvgIpc) is 2.55. The largest absolute Gasteiger partial charge is 0.508 e. The van der Waals surface area contributed by atoms with Crippen molar-refractivity contribution in [2.45, 2.75) is 11.2 Å². The van der Waals surface area contributed by atoms with Crippen LogP contribution in [0.4, 0.5) is 5.69 Å². The number of anilines is 1. The molecule has 2 aromatic carbocycles. The van der Waals surface area contributed by atoms with Gasteiger partial charge in [0.2, 0.25) is 0 Å². The first kappa shape index (κ1) is 18.3. The van der Waals surface area contributed by atoms with Crippen molar-refractivity contribution in [1.29, 1.82) is 0 Å². The zero-order chi connectivity index (χ0) is 17.6. The van der Waals surface area contributed by atoms with Gasteiger partial charge < -0.3 is 19.7 Å². The van der Waals surface area contributed by atoms with Gasteiger partial charge >= 0.3 is 10.1 Å². The van der Waals surface area contributed by atoms with Gasteiger partial charge in [-0.1, -0.05) is 0 Å². The molecule has 0 saturated heterocycles. The van der Waals surface area contributed by atoms with Crippen molar-refractivity contribution in [3.63, 3.8) is 0 Å². The van der Waals surface area contributed by atoms with Gasteiger partial charge in [0.25, 0.3) is 0 Å². The van der Waals surface area contributed by atoms with Crippen LogP contribution in [0.3, 0.4) is 0 Å². The van der Waals surface area contributed by atoms with E-state index in [4.69, 9.17) is 15.8 Å². The minimum atomic E-state index is -3.99. The highest BCUT2D eigenvalue weighted by Gasteiger charge is 2.16. The number of nitrogens with one attached hydrogen (secondary N) is 2. The van der Waals surface area contributed by atoms with Crippen molar-refractivity contribution in [2.24, 2.45) is 0 Å². The predicted octanol–water partition coefficient (Wildman–Crippen LogP) is 1.68. The van der Waals surface area contributed by atoms with Crippen LogP contribution in [0.25, 0.3) is 0 Å². The van der Waals surface area contributed by atoms with Crippen molar-refractivity contribution in [1.82, 2.24) is 5.32 Å². The molecular formula is C15H17ClN2O5S. The van der Waals surface area contributed by atoms with E-state index < -0.39 is 16.5 Å². The van der Waals surface area contributed by atoms with Crippen LogP contribution >= 0.6 is 11.6 Å². The molecule has 0 bridgehead atoms. The van der Waals surface area contributed by atoms with Crippen LogP contribution in [0.1, 0.15) is 0 Å². The number of hydrogen-bond acceptors (Lipinski definition) is 7. The smallest absolute Gasteiger partial charge is 0.339 e. The van der Waals surface area contributed by atoms with Crippen molar-refractivity contribution >= 4 is 27.4 Å². The Morgan fingerprint density at radius 1 is 1.08 bits per heavy atom. The number of aromatic hydroxyl groups is 1. The topological polar surface area (TPSA) is 108 Å². The highest BCUT2D eigenvalue weighted by molar-refractivity contribution is 7.87. The summed E-state index contributed by atoms with van der Waals surface area (Å²) in [7, 11) is -3.99. The van der Waals surface area contributed by atoms with Crippen molar-refractivity contribution < 1.29 is 22.8 Å². The summed E-state index contributed by atoms with van der Waals surface area (Å²) in [6.45, 7) is 0.419. The maximum absolute atomic E-state index is 12.2. The molecule has 0 saturated carbocycles. The molecule has 1 unspecified atom stereocenters. The van der Waals surface area contributed by atoms with Crippen LogP contribution in [-0.4, -0.2) is 37.4 Å². The Balaban J connectivity index is 2.04. The molecule has 24 heavy (non-hydrogen) atoms. The number of phenols is 1. The minimum absolute atomic E-state index is 0.0107. The van der Waals surface area contributed by atoms with Crippen LogP contribution in [-0.2, 0) is 10.1 Å². The molecule has 2 rings (SSSR count). The molecule has 0 heterocycles. The van der Waals surface area contributed by atoms with E-state index >= 15 is 0 Å². The number of benzene rings is 2. The standard InChI is InChI=1S/C15H17ClN2O5S/c16-9-10-17-15(20)18-11-1-7-14(8-2-11)24(21,22)23-13-5-3-12(19)4-6-13/h1-8,15,17-20H,9-10H2. The quantitative estimate of drug-likeness (QED) is 0.317. The van der Waals surface area contributed by atoms with E-state index in [2.05, 4.69) is 10.6 Å². The SMILES string of the molecule is O=S(=O)(Oc1ccc(O)cc1)c1ccc(NC(O)NCCCl)cc1. The summed E-state index contributed by atoms with van der Waals surface area (Å²) >= 11 is 5.50. The minimum Gasteiger partial charge on any atom is -0.508 e. The third-order valence-electron chi connectivity index (χ3n) is 2.92. The number of hydrogen-bond donors (Lipinski definition) is 4. The number of phenolic OH excluding ortho intramolecular Hbond substituents is 1. The van der Waals surface area contributed by atoms with E-state index in [1.807, 2.05) is 0 Å². The van der Waals surface area contributed by atoms with Gasteiger partial charge in [0.05, 0.1) is 0 Å². The van der Waals surface area contributed by atoms with Gasteiger partial charge in [-0.15, -0.1) is 11.6 Å². The maximum Gasteiger partial charge on any atom is 0.339 e.